The maximum absolute atomic E-state index is 10.8. The molecule has 1 heterocycles. The SMILES string of the molecule is Br.O=c1ccn(-c2ccc(O)cc2)[nH]1. The van der Waals surface area contributed by atoms with E-state index in [9.17, 15) is 4.79 Å². The molecule has 0 aliphatic rings. The molecular weight excluding hydrogens is 248 g/mol. The highest BCUT2D eigenvalue weighted by Gasteiger charge is 1.95. The van der Waals surface area contributed by atoms with Gasteiger partial charge in [0.15, 0.2) is 0 Å². The Morgan fingerprint density at radius 1 is 1.14 bits per heavy atom. The summed E-state index contributed by atoms with van der Waals surface area (Å²) in [7, 11) is 0. The number of H-pyrrole nitrogens is 1. The molecule has 5 heteroatoms. The van der Waals surface area contributed by atoms with Gasteiger partial charge in [0, 0.05) is 12.3 Å². The number of aromatic nitrogens is 2. The molecule has 0 saturated heterocycles. The predicted molar refractivity (Wildman–Crippen MR) is 58.4 cm³/mol. The van der Waals surface area contributed by atoms with Crippen LogP contribution in [0.5, 0.6) is 5.75 Å². The Balaban J connectivity index is 0.000000980. The first-order chi connectivity index (χ1) is 6.25. The maximum atomic E-state index is 10.8. The lowest BCUT2D eigenvalue weighted by Gasteiger charge is -2.00. The van der Waals surface area contributed by atoms with E-state index in [0.717, 1.165) is 5.69 Å². The number of aromatic hydroxyl groups is 1. The highest BCUT2D eigenvalue weighted by atomic mass is 79.9. The Morgan fingerprint density at radius 3 is 2.29 bits per heavy atom. The van der Waals surface area contributed by atoms with Gasteiger partial charge in [-0.05, 0) is 24.3 Å². The molecule has 0 spiro atoms. The monoisotopic (exact) mass is 256 g/mol. The zero-order valence-electron chi connectivity index (χ0n) is 7.18. The van der Waals surface area contributed by atoms with Crippen LogP contribution in [0.1, 0.15) is 0 Å². The summed E-state index contributed by atoms with van der Waals surface area (Å²) in [5.41, 5.74) is 0.660. The zero-order chi connectivity index (χ0) is 9.26. The summed E-state index contributed by atoms with van der Waals surface area (Å²) in [6.07, 6.45) is 1.63. The van der Waals surface area contributed by atoms with Gasteiger partial charge in [-0.3, -0.25) is 14.6 Å². The molecule has 2 aromatic rings. The highest BCUT2D eigenvalue weighted by Crippen LogP contribution is 2.11. The van der Waals surface area contributed by atoms with Crippen molar-refractivity contribution in [3.63, 3.8) is 0 Å². The fourth-order valence-corrected chi connectivity index (χ4v) is 1.10. The van der Waals surface area contributed by atoms with Gasteiger partial charge in [0.1, 0.15) is 5.75 Å². The smallest absolute Gasteiger partial charge is 0.264 e. The first kappa shape index (κ1) is 10.6. The molecule has 1 aromatic carbocycles. The van der Waals surface area contributed by atoms with E-state index in [2.05, 4.69) is 5.10 Å². The second kappa shape index (κ2) is 4.15. The summed E-state index contributed by atoms with van der Waals surface area (Å²) in [5, 5.41) is 11.6. The third-order valence-electron chi connectivity index (χ3n) is 1.73. The van der Waals surface area contributed by atoms with Crippen molar-refractivity contribution in [2.45, 2.75) is 0 Å². The second-order valence-corrected chi connectivity index (χ2v) is 2.68. The Kier molecular flexibility index (Phi) is 3.14. The Labute approximate surface area is 90.6 Å². The number of rotatable bonds is 1. The standard InChI is InChI=1S/C9H8N2O2.BrH/c12-8-3-1-7(2-4-8)11-6-5-9(13)10-11;/h1-6,12H,(H,10,13);1H. The summed E-state index contributed by atoms with van der Waals surface area (Å²) in [6.45, 7) is 0. The normalized spacial score (nSPS) is 9.43. The van der Waals surface area contributed by atoms with Gasteiger partial charge in [-0.15, -0.1) is 17.0 Å². The summed E-state index contributed by atoms with van der Waals surface area (Å²) < 4.78 is 1.59. The average molecular weight is 257 g/mol. The molecule has 0 radical (unpaired) electrons. The van der Waals surface area contributed by atoms with Gasteiger partial charge in [0.2, 0.25) is 0 Å². The predicted octanol–water partition coefficient (Wildman–Crippen LogP) is 1.45. The molecule has 0 amide bonds. The van der Waals surface area contributed by atoms with Crippen molar-refractivity contribution in [2.75, 3.05) is 0 Å². The molecule has 1 aromatic heterocycles. The van der Waals surface area contributed by atoms with Gasteiger partial charge in [-0.25, -0.2) is 0 Å². The number of aromatic amines is 1. The summed E-state index contributed by atoms with van der Waals surface area (Å²) in [6, 6.07) is 7.99. The van der Waals surface area contributed by atoms with E-state index in [4.69, 9.17) is 5.11 Å². The van der Waals surface area contributed by atoms with Crippen LogP contribution in [-0.4, -0.2) is 14.9 Å². The Morgan fingerprint density at radius 2 is 1.79 bits per heavy atom. The lowest BCUT2D eigenvalue weighted by molar-refractivity contribution is 0.475. The average Bonchev–Trinajstić information content (AvgIpc) is 2.53. The van der Waals surface area contributed by atoms with E-state index >= 15 is 0 Å². The number of benzene rings is 1. The van der Waals surface area contributed by atoms with Crippen LogP contribution in [0.3, 0.4) is 0 Å². The third-order valence-corrected chi connectivity index (χ3v) is 1.73. The fourth-order valence-electron chi connectivity index (χ4n) is 1.10. The summed E-state index contributed by atoms with van der Waals surface area (Å²) >= 11 is 0. The van der Waals surface area contributed by atoms with E-state index in [1.54, 1.807) is 35.1 Å². The molecule has 2 rings (SSSR count). The van der Waals surface area contributed by atoms with Crippen LogP contribution in [0.2, 0.25) is 0 Å². The molecule has 14 heavy (non-hydrogen) atoms. The van der Waals surface area contributed by atoms with Crippen LogP contribution in [-0.2, 0) is 0 Å². The number of phenolic OH excluding ortho intramolecular Hbond substituents is 1. The molecule has 0 bridgehead atoms. The van der Waals surface area contributed by atoms with Crippen molar-refractivity contribution in [1.82, 2.24) is 9.78 Å². The highest BCUT2D eigenvalue weighted by molar-refractivity contribution is 8.93. The Bertz CT molecular complexity index is 458. The van der Waals surface area contributed by atoms with Gasteiger partial charge >= 0.3 is 0 Å². The summed E-state index contributed by atoms with van der Waals surface area (Å²) in [4.78, 5) is 10.8. The van der Waals surface area contributed by atoms with E-state index in [-0.39, 0.29) is 28.3 Å². The lowest BCUT2D eigenvalue weighted by atomic mass is 10.3. The van der Waals surface area contributed by atoms with Crippen molar-refractivity contribution in [2.24, 2.45) is 0 Å². The van der Waals surface area contributed by atoms with Crippen LogP contribution < -0.4 is 5.56 Å². The van der Waals surface area contributed by atoms with Crippen molar-refractivity contribution < 1.29 is 5.11 Å². The lowest BCUT2D eigenvalue weighted by Crippen LogP contribution is -2.02. The number of hydrogen-bond donors (Lipinski definition) is 2. The molecule has 0 unspecified atom stereocenters. The van der Waals surface area contributed by atoms with Crippen molar-refractivity contribution in [3.8, 4) is 11.4 Å². The minimum absolute atomic E-state index is 0. The maximum Gasteiger partial charge on any atom is 0.264 e. The first-order valence-corrected chi connectivity index (χ1v) is 3.83. The number of nitrogens with zero attached hydrogens (tertiary/aromatic N) is 1. The molecular formula is C9H9BrN2O2. The van der Waals surface area contributed by atoms with Crippen LogP contribution in [0, 0.1) is 0 Å². The van der Waals surface area contributed by atoms with Gasteiger partial charge < -0.3 is 5.11 Å². The fraction of sp³-hybridized carbons (Fsp3) is 0. The van der Waals surface area contributed by atoms with Crippen molar-refractivity contribution in [1.29, 1.82) is 0 Å². The number of nitrogens with one attached hydrogen (secondary N) is 1. The van der Waals surface area contributed by atoms with Crippen LogP contribution in [0.25, 0.3) is 5.69 Å². The number of halogens is 1. The second-order valence-electron chi connectivity index (χ2n) is 2.68. The summed E-state index contributed by atoms with van der Waals surface area (Å²) in [5.74, 6) is 0.207. The van der Waals surface area contributed by atoms with Gasteiger partial charge in [0.25, 0.3) is 5.56 Å². The van der Waals surface area contributed by atoms with Crippen LogP contribution >= 0.6 is 17.0 Å². The van der Waals surface area contributed by atoms with Gasteiger partial charge in [-0.2, -0.15) is 0 Å². The minimum atomic E-state index is -0.145. The Hall–Kier alpha value is -1.49. The molecule has 0 saturated carbocycles. The molecule has 0 aliphatic heterocycles. The van der Waals surface area contributed by atoms with Crippen molar-refractivity contribution >= 4 is 17.0 Å². The first-order valence-electron chi connectivity index (χ1n) is 3.83. The number of phenols is 1. The topological polar surface area (TPSA) is 58.0 Å². The molecule has 74 valence electrons. The van der Waals surface area contributed by atoms with Crippen molar-refractivity contribution in [3.05, 3.63) is 46.9 Å². The minimum Gasteiger partial charge on any atom is -0.508 e. The van der Waals surface area contributed by atoms with Gasteiger partial charge in [-0.1, -0.05) is 0 Å². The van der Waals surface area contributed by atoms with E-state index < -0.39 is 0 Å². The van der Waals surface area contributed by atoms with E-state index in [1.165, 1.54) is 6.07 Å². The molecule has 0 aliphatic carbocycles. The number of hydrogen-bond acceptors (Lipinski definition) is 2. The molecule has 4 nitrogen and oxygen atoms in total. The van der Waals surface area contributed by atoms with E-state index in [0.29, 0.717) is 0 Å². The van der Waals surface area contributed by atoms with Crippen LogP contribution in [0.15, 0.2) is 41.3 Å². The van der Waals surface area contributed by atoms with Gasteiger partial charge in [0.05, 0.1) is 5.69 Å². The zero-order valence-corrected chi connectivity index (χ0v) is 8.89. The molecule has 0 fully saturated rings. The quantitative estimate of drug-likeness (QED) is 0.812. The van der Waals surface area contributed by atoms with E-state index in [1.807, 2.05) is 0 Å². The third kappa shape index (κ3) is 2.05. The molecule has 0 atom stereocenters. The largest absolute Gasteiger partial charge is 0.508 e. The van der Waals surface area contributed by atoms with Crippen LogP contribution in [0.4, 0.5) is 0 Å². The molecule has 2 N–H and O–H groups in total.